The summed E-state index contributed by atoms with van der Waals surface area (Å²) in [7, 11) is 0. The third-order valence-electron chi connectivity index (χ3n) is 4.68. The van der Waals surface area contributed by atoms with Gasteiger partial charge < -0.3 is 16.8 Å². The van der Waals surface area contributed by atoms with E-state index < -0.39 is 0 Å². The first-order valence-corrected chi connectivity index (χ1v) is 9.67. The third kappa shape index (κ3) is 5.25. The van der Waals surface area contributed by atoms with Crippen molar-refractivity contribution in [2.45, 2.75) is 32.7 Å². The topological polar surface area (TPSA) is 119 Å². The molecule has 1 aromatic carbocycles. The lowest BCUT2D eigenvalue weighted by Gasteiger charge is -2.27. The average Bonchev–Trinajstić information content (AvgIpc) is 3.11. The van der Waals surface area contributed by atoms with Crippen molar-refractivity contribution in [1.82, 2.24) is 15.1 Å². The van der Waals surface area contributed by atoms with Gasteiger partial charge in [0.25, 0.3) is 0 Å². The highest BCUT2D eigenvalue weighted by Crippen LogP contribution is 2.22. The van der Waals surface area contributed by atoms with E-state index in [0.29, 0.717) is 17.8 Å². The van der Waals surface area contributed by atoms with Crippen molar-refractivity contribution >= 4 is 23.3 Å². The second kappa shape index (κ2) is 9.25. The number of anilines is 1. The molecule has 0 fully saturated rings. The minimum atomic E-state index is -0.368. The largest absolute Gasteiger partial charge is 0.398 e. The molecule has 2 aromatic rings. The summed E-state index contributed by atoms with van der Waals surface area (Å²) < 4.78 is 14.8. The van der Waals surface area contributed by atoms with Crippen LogP contribution in [0, 0.1) is 12.7 Å². The monoisotopic (exact) mass is 412 g/mol. The first-order valence-electron chi connectivity index (χ1n) is 9.67. The molecule has 158 valence electrons. The van der Waals surface area contributed by atoms with E-state index in [1.807, 2.05) is 17.7 Å². The first kappa shape index (κ1) is 21.1. The SMILES string of the molecule is Cc1cc2n(n1)CCCN2C(=O)CCC(=O)N/C(N)=C/C=C(\N)c1ccc(F)cc1. The molecule has 0 saturated heterocycles. The molecule has 0 saturated carbocycles. The quantitative estimate of drug-likeness (QED) is 0.625. The maximum absolute atomic E-state index is 13.0. The molecule has 9 heteroatoms. The Bertz CT molecular complexity index is 993. The number of nitrogens with one attached hydrogen (secondary N) is 1. The Morgan fingerprint density at radius 1 is 1.17 bits per heavy atom. The molecule has 5 N–H and O–H groups in total. The number of allylic oxidation sites excluding steroid dienone is 2. The number of rotatable bonds is 6. The summed E-state index contributed by atoms with van der Waals surface area (Å²) in [6.07, 6.45) is 3.87. The van der Waals surface area contributed by atoms with Crippen LogP contribution in [0.2, 0.25) is 0 Å². The fraction of sp³-hybridized carbons (Fsp3) is 0.286. The van der Waals surface area contributed by atoms with Crippen molar-refractivity contribution < 1.29 is 14.0 Å². The number of carbonyl (C=O) groups is 2. The number of hydrogen-bond donors (Lipinski definition) is 3. The molecule has 2 heterocycles. The van der Waals surface area contributed by atoms with E-state index in [-0.39, 0.29) is 36.3 Å². The molecule has 0 atom stereocenters. The highest BCUT2D eigenvalue weighted by atomic mass is 19.1. The zero-order valence-electron chi connectivity index (χ0n) is 16.8. The van der Waals surface area contributed by atoms with Gasteiger partial charge in [0, 0.05) is 37.7 Å². The van der Waals surface area contributed by atoms with Gasteiger partial charge in [0.1, 0.15) is 17.5 Å². The van der Waals surface area contributed by atoms with Crippen LogP contribution in [-0.4, -0.2) is 28.1 Å². The van der Waals surface area contributed by atoms with E-state index >= 15 is 0 Å². The fourth-order valence-corrected chi connectivity index (χ4v) is 3.20. The molecule has 2 amide bonds. The molecule has 1 aliphatic heterocycles. The van der Waals surface area contributed by atoms with Crippen molar-refractivity contribution in [1.29, 1.82) is 0 Å². The van der Waals surface area contributed by atoms with E-state index in [1.165, 1.54) is 24.3 Å². The van der Waals surface area contributed by atoms with E-state index in [1.54, 1.807) is 17.0 Å². The van der Waals surface area contributed by atoms with E-state index in [9.17, 15) is 14.0 Å². The molecular weight excluding hydrogens is 387 g/mol. The molecule has 1 aromatic heterocycles. The van der Waals surface area contributed by atoms with Crippen LogP contribution in [-0.2, 0) is 16.1 Å². The van der Waals surface area contributed by atoms with Gasteiger partial charge >= 0.3 is 0 Å². The van der Waals surface area contributed by atoms with Crippen LogP contribution in [0.5, 0.6) is 0 Å². The second-order valence-electron chi connectivity index (χ2n) is 7.07. The fourth-order valence-electron chi connectivity index (χ4n) is 3.20. The maximum atomic E-state index is 13.0. The summed E-state index contributed by atoms with van der Waals surface area (Å²) in [4.78, 5) is 26.4. The molecular formula is C21H25FN6O2. The number of nitrogens with zero attached hydrogens (tertiary/aromatic N) is 3. The highest BCUT2D eigenvalue weighted by molar-refractivity contribution is 5.95. The highest BCUT2D eigenvalue weighted by Gasteiger charge is 2.24. The Kier molecular flexibility index (Phi) is 6.51. The van der Waals surface area contributed by atoms with Gasteiger partial charge in [-0.3, -0.25) is 14.5 Å². The number of hydrogen-bond acceptors (Lipinski definition) is 5. The smallest absolute Gasteiger partial charge is 0.228 e. The number of aryl methyl sites for hydroxylation is 2. The number of benzene rings is 1. The summed E-state index contributed by atoms with van der Waals surface area (Å²) in [5, 5.41) is 6.89. The number of fused-ring (bicyclic) bond motifs is 1. The second-order valence-corrected chi connectivity index (χ2v) is 7.07. The van der Waals surface area contributed by atoms with E-state index in [0.717, 1.165) is 24.5 Å². The number of aromatic nitrogens is 2. The van der Waals surface area contributed by atoms with E-state index in [4.69, 9.17) is 11.5 Å². The zero-order chi connectivity index (χ0) is 21.7. The lowest BCUT2D eigenvalue weighted by Crippen LogP contribution is -2.38. The Labute approximate surface area is 174 Å². The summed E-state index contributed by atoms with van der Waals surface area (Å²) in [5.74, 6) is 0.0169. The van der Waals surface area contributed by atoms with Crippen LogP contribution in [0.15, 0.2) is 48.3 Å². The molecule has 0 spiro atoms. The molecule has 0 bridgehead atoms. The Hall–Kier alpha value is -3.62. The minimum absolute atomic E-state index is 0.00809. The summed E-state index contributed by atoms with van der Waals surface area (Å²) in [5.41, 5.74) is 13.6. The van der Waals surface area contributed by atoms with Crippen LogP contribution < -0.4 is 21.7 Å². The Morgan fingerprint density at radius 3 is 2.63 bits per heavy atom. The van der Waals surface area contributed by atoms with Crippen molar-refractivity contribution in [3.8, 4) is 0 Å². The van der Waals surface area contributed by atoms with Gasteiger partial charge in [-0.2, -0.15) is 5.10 Å². The van der Waals surface area contributed by atoms with Crippen LogP contribution in [0.1, 0.15) is 30.5 Å². The molecule has 8 nitrogen and oxygen atoms in total. The third-order valence-corrected chi connectivity index (χ3v) is 4.68. The van der Waals surface area contributed by atoms with Gasteiger partial charge in [-0.05, 0) is 43.2 Å². The van der Waals surface area contributed by atoms with E-state index in [2.05, 4.69) is 10.4 Å². The standard InChI is InChI=1S/C21H25FN6O2/c1-14-13-20-27(11-2-12-28(20)26-14)21(30)10-9-19(29)25-18(24)8-7-17(23)15-3-5-16(22)6-4-15/h3-8,13H,2,9-12,23-24H2,1H3,(H,25,29)/b17-7-,18-8+. The normalized spacial score (nSPS) is 14.4. The van der Waals surface area contributed by atoms with Crippen LogP contribution >= 0.6 is 0 Å². The van der Waals surface area contributed by atoms with Gasteiger partial charge in [0.2, 0.25) is 11.8 Å². The summed E-state index contributed by atoms with van der Waals surface area (Å²) >= 11 is 0. The summed E-state index contributed by atoms with van der Waals surface area (Å²) in [6, 6.07) is 7.57. The molecule has 30 heavy (non-hydrogen) atoms. The Balaban J connectivity index is 1.51. The lowest BCUT2D eigenvalue weighted by atomic mass is 10.1. The Morgan fingerprint density at radius 2 is 1.90 bits per heavy atom. The van der Waals surface area contributed by atoms with Crippen molar-refractivity contribution in [2.75, 3.05) is 11.4 Å². The molecule has 0 unspecified atom stereocenters. The van der Waals surface area contributed by atoms with Gasteiger partial charge in [-0.25, -0.2) is 9.07 Å². The summed E-state index contributed by atoms with van der Waals surface area (Å²) in [6.45, 7) is 3.28. The van der Waals surface area contributed by atoms with Gasteiger partial charge in [0.15, 0.2) is 0 Å². The van der Waals surface area contributed by atoms with Crippen molar-refractivity contribution in [3.63, 3.8) is 0 Å². The predicted octanol–water partition coefficient (Wildman–Crippen LogP) is 1.76. The molecule has 3 rings (SSSR count). The first-order chi connectivity index (χ1) is 14.3. The van der Waals surface area contributed by atoms with Gasteiger partial charge in [0.05, 0.1) is 5.69 Å². The molecule has 1 aliphatic rings. The molecule has 0 radical (unpaired) electrons. The number of halogens is 1. The predicted molar refractivity (Wildman–Crippen MR) is 112 cm³/mol. The molecule has 0 aliphatic carbocycles. The number of nitrogens with two attached hydrogens (primary N) is 2. The average molecular weight is 412 g/mol. The van der Waals surface area contributed by atoms with Crippen LogP contribution in [0.4, 0.5) is 10.2 Å². The van der Waals surface area contributed by atoms with Crippen molar-refractivity contribution in [2.24, 2.45) is 11.5 Å². The number of carbonyl (C=O) groups excluding carboxylic acids is 2. The maximum Gasteiger partial charge on any atom is 0.228 e. The van der Waals surface area contributed by atoms with Gasteiger partial charge in [-0.15, -0.1) is 0 Å². The van der Waals surface area contributed by atoms with Gasteiger partial charge in [-0.1, -0.05) is 12.1 Å². The minimum Gasteiger partial charge on any atom is -0.398 e. The van der Waals surface area contributed by atoms with Crippen LogP contribution in [0.25, 0.3) is 5.70 Å². The lowest BCUT2D eigenvalue weighted by molar-refractivity contribution is -0.124. The number of amides is 2. The zero-order valence-corrected chi connectivity index (χ0v) is 16.8. The van der Waals surface area contributed by atoms with Crippen molar-refractivity contribution in [3.05, 3.63) is 65.4 Å². The van der Waals surface area contributed by atoms with Crippen LogP contribution in [0.3, 0.4) is 0 Å².